The minimum absolute atomic E-state index is 0.193. The summed E-state index contributed by atoms with van der Waals surface area (Å²) >= 11 is 0. The summed E-state index contributed by atoms with van der Waals surface area (Å²) < 4.78 is 5.13. The normalized spacial score (nSPS) is 23.6. The zero-order valence-corrected chi connectivity index (χ0v) is 15.2. The van der Waals surface area contributed by atoms with Crippen molar-refractivity contribution < 1.29 is 14.3 Å². The molecule has 1 aromatic rings. The van der Waals surface area contributed by atoms with Crippen LogP contribution in [0.5, 0.6) is 0 Å². The fraction of sp³-hybridized carbons (Fsp3) is 0.600. The lowest BCUT2D eigenvalue weighted by molar-refractivity contribution is -0.148. The van der Waals surface area contributed by atoms with E-state index in [4.69, 9.17) is 4.74 Å². The molecule has 0 unspecified atom stereocenters. The summed E-state index contributed by atoms with van der Waals surface area (Å²) in [6.45, 7) is 8.27. The Morgan fingerprint density at radius 2 is 1.92 bits per heavy atom. The van der Waals surface area contributed by atoms with Crippen molar-refractivity contribution in [2.24, 2.45) is 11.8 Å². The molecule has 0 radical (unpaired) electrons. The molecule has 0 heterocycles. The van der Waals surface area contributed by atoms with Gasteiger partial charge in [0.15, 0.2) is 6.61 Å². The van der Waals surface area contributed by atoms with Gasteiger partial charge in [-0.3, -0.25) is 9.59 Å². The maximum absolute atomic E-state index is 12.0. The molecule has 1 aliphatic carbocycles. The zero-order chi connectivity index (χ0) is 17.7. The van der Waals surface area contributed by atoms with E-state index in [9.17, 15) is 9.59 Å². The van der Waals surface area contributed by atoms with Crippen molar-refractivity contribution in [2.75, 3.05) is 6.61 Å². The van der Waals surface area contributed by atoms with E-state index in [0.717, 1.165) is 24.0 Å². The molecule has 4 heteroatoms. The summed E-state index contributed by atoms with van der Waals surface area (Å²) in [4.78, 5) is 24.0. The van der Waals surface area contributed by atoms with Crippen molar-refractivity contribution in [2.45, 2.75) is 59.4 Å². The van der Waals surface area contributed by atoms with Gasteiger partial charge in [-0.15, -0.1) is 0 Å². The maximum atomic E-state index is 12.0. The lowest BCUT2D eigenvalue weighted by atomic mass is 9.78. The molecule has 132 valence electrons. The van der Waals surface area contributed by atoms with Crippen molar-refractivity contribution in [3.05, 3.63) is 34.9 Å². The van der Waals surface area contributed by atoms with Crippen molar-refractivity contribution in [3.8, 4) is 0 Å². The Bertz CT molecular complexity index is 597. The zero-order valence-electron chi connectivity index (χ0n) is 15.2. The molecule has 1 amide bonds. The van der Waals surface area contributed by atoms with Crippen LogP contribution in [0.4, 0.5) is 0 Å². The van der Waals surface area contributed by atoms with E-state index in [2.05, 4.69) is 19.2 Å². The van der Waals surface area contributed by atoms with Gasteiger partial charge in [-0.25, -0.2) is 0 Å². The van der Waals surface area contributed by atoms with E-state index in [1.165, 1.54) is 12.0 Å². The third-order valence-electron chi connectivity index (χ3n) is 5.34. The number of hydrogen-bond donors (Lipinski definition) is 1. The van der Waals surface area contributed by atoms with Gasteiger partial charge in [-0.1, -0.05) is 44.9 Å². The van der Waals surface area contributed by atoms with Crippen LogP contribution in [0.3, 0.4) is 0 Å². The third kappa shape index (κ3) is 5.08. The number of carbonyl (C=O) groups excluding carboxylic acids is 2. The molecule has 0 aliphatic heterocycles. The average Bonchev–Trinajstić information content (AvgIpc) is 2.53. The highest BCUT2D eigenvalue weighted by Crippen LogP contribution is 2.29. The molecular weight excluding hydrogens is 302 g/mol. The average molecular weight is 331 g/mol. The highest BCUT2D eigenvalue weighted by Gasteiger charge is 2.28. The molecule has 1 saturated carbocycles. The first kappa shape index (κ1) is 18.5. The Hall–Kier alpha value is -1.84. The summed E-state index contributed by atoms with van der Waals surface area (Å²) in [5, 5.41) is 3.02. The van der Waals surface area contributed by atoms with Gasteiger partial charge in [-0.2, -0.15) is 0 Å². The minimum Gasteiger partial charge on any atom is -0.455 e. The monoisotopic (exact) mass is 331 g/mol. The van der Waals surface area contributed by atoms with Crippen LogP contribution in [0.25, 0.3) is 0 Å². The van der Waals surface area contributed by atoms with Crippen LogP contribution < -0.4 is 5.32 Å². The Morgan fingerprint density at radius 1 is 1.17 bits per heavy atom. The fourth-order valence-corrected chi connectivity index (χ4v) is 3.31. The third-order valence-corrected chi connectivity index (χ3v) is 5.34. The Balaban J connectivity index is 1.76. The molecule has 24 heavy (non-hydrogen) atoms. The van der Waals surface area contributed by atoms with Crippen LogP contribution in [0.2, 0.25) is 0 Å². The summed E-state index contributed by atoms with van der Waals surface area (Å²) in [6.07, 6.45) is 3.57. The maximum Gasteiger partial charge on any atom is 0.310 e. The Morgan fingerprint density at radius 3 is 2.62 bits per heavy atom. The minimum atomic E-state index is -0.363. The Labute approximate surface area is 145 Å². The first-order valence-corrected chi connectivity index (χ1v) is 8.88. The highest BCUT2D eigenvalue weighted by atomic mass is 16.5. The van der Waals surface area contributed by atoms with Gasteiger partial charge in [0.25, 0.3) is 5.91 Å². The number of esters is 1. The van der Waals surface area contributed by atoms with E-state index < -0.39 is 0 Å². The molecule has 1 aliphatic rings. The first-order chi connectivity index (χ1) is 11.4. The number of rotatable bonds is 5. The standard InChI is InChI=1S/C20H29NO3/c1-13-8-9-17(10-15(13)3)11-20(23)24-12-19(22)21-18-7-5-6-14(2)16(18)4/h8-10,14,16,18H,5-7,11-12H2,1-4H3,(H,21,22)/t14-,16-,18+/m0/s1. The molecule has 0 aromatic heterocycles. The molecular formula is C20H29NO3. The molecule has 1 N–H and O–H groups in total. The van der Waals surface area contributed by atoms with E-state index in [1.807, 2.05) is 32.0 Å². The number of carbonyl (C=O) groups is 2. The predicted molar refractivity (Wildman–Crippen MR) is 94.7 cm³/mol. The summed E-state index contributed by atoms with van der Waals surface area (Å²) in [5.74, 6) is 0.526. The van der Waals surface area contributed by atoms with E-state index in [1.54, 1.807) is 0 Å². The number of hydrogen-bond acceptors (Lipinski definition) is 3. The van der Waals surface area contributed by atoms with Crippen molar-refractivity contribution >= 4 is 11.9 Å². The molecule has 3 atom stereocenters. The van der Waals surface area contributed by atoms with Crippen LogP contribution in [0.15, 0.2) is 18.2 Å². The molecule has 1 fully saturated rings. The second-order valence-electron chi connectivity index (χ2n) is 7.20. The number of benzene rings is 1. The first-order valence-electron chi connectivity index (χ1n) is 8.88. The van der Waals surface area contributed by atoms with Gasteiger partial charge in [0, 0.05) is 6.04 Å². The quantitative estimate of drug-likeness (QED) is 0.842. The molecule has 0 bridgehead atoms. The lowest BCUT2D eigenvalue weighted by Gasteiger charge is -2.34. The van der Waals surface area contributed by atoms with Gasteiger partial charge >= 0.3 is 5.97 Å². The lowest BCUT2D eigenvalue weighted by Crippen LogP contribution is -2.45. The number of ether oxygens (including phenoxy) is 1. The van der Waals surface area contributed by atoms with Crippen molar-refractivity contribution in [3.63, 3.8) is 0 Å². The van der Waals surface area contributed by atoms with Crippen molar-refractivity contribution in [1.82, 2.24) is 5.32 Å². The second kappa shape index (κ2) is 8.32. The Kier molecular flexibility index (Phi) is 6.41. The molecule has 0 saturated heterocycles. The highest BCUT2D eigenvalue weighted by molar-refractivity contribution is 5.81. The van der Waals surface area contributed by atoms with Crippen LogP contribution in [-0.4, -0.2) is 24.5 Å². The SMILES string of the molecule is Cc1ccc(CC(=O)OCC(=O)N[C@@H]2CCC[C@H](C)[C@@H]2C)cc1C. The fourth-order valence-electron chi connectivity index (χ4n) is 3.31. The smallest absolute Gasteiger partial charge is 0.310 e. The van der Waals surface area contributed by atoms with E-state index in [0.29, 0.717) is 11.8 Å². The molecule has 1 aromatic carbocycles. The van der Waals surface area contributed by atoms with Gasteiger partial charge < -0.3 is 10.1 Å². The van der Waals surface area contributed by atoms with Crippen LogP contribution in [0.1, 0.15) is 49.8 Å². The number of amides is 1. The number of aryl methyl sites for hydroxylation is 2. The molecule has 0 spiro atoms. The van der Waals surface area contributed by atoms with E-state index >= 15 is 0 Å². The van der Waals surface area contributed by atoms with Gasteiger partial charge in [-0.05, 0) is 48.8 Å². The second-order valence-corrected chi connectivity index (χ2v) is 7.20. The summed E-state index contributed by atoms with van der Waals surface area (Å²) in [6, 6.07) is 6.10. The number of nitrogens with one attached hydrogen (secondary N) is 1. The van der Waals surface area contributed by atoms with Crippen LogP contribution in [0, 0.1) is 25.7 Å². The molecule has 2 rings (SSSR count). The summed E-state index contributed by atoms with van der Waals surface area (Å²) in [7, 11) is 0. The van der Waals surface area contributed by atoms with Crippen LogP contribution >= 0.6 is 0 Å². The largest absolute Gasteiger partial charge is 0.455 e. The molecule has 4 nitrogen and oxygen atoms in total. The van der Waals surface area contributed by atoms with Gasteiger partial charge in [0.05, 0.1) is 6.42 Å². The predicted octanol–water partition coefficient (Wildman–Crippen LogP) is 3.33. The van der Waals surface area contributed by atoms with Crippen molar-refractivity contribution in [1.29, 1.82) is 0 Å². The van der Waals surface area contributed by atoms with Crippen LogP contribution in [-0.2, 0) is 20.7 Å². The van der Waals surface area contributed by atoms with E-state index in [-0.39, 0.29) is 30.9 Å². The van der Waals surface area contributed by atoms with Gasteiger partial charge in [0.2, 0.25) is 0 Å². The van der Waals surface area contributed by atoms with Gasteiger partial charge in [0.1, 0.15) is 0 Å². The summed E-state index contributed by atoms with van der Waals surface area (Å²) in [5.41, 5.74) is 3.26. The topological polar surface area (TPSA) is 55.4 Å².